The van der Waals surface area contributed by atoms with Crippen molar-refractivity contribution in [2.45, 2.75) is 6.04 Å². The van der Waals surface area contributed by atoms with E-state index in [0.29, 0.717) is 22.0 Å². The summed E-state index contributed by atoms with van der Waals surface area (Å²) in [5.74, 6) is 0.356. The summed E-state index contributed by atoms with van der Waals surface area (Å²) >= 11 is 6.05. The summed E-state index contributed by atoms with van der Waals surface area (Å²) in [4.78, 5) is 0. The van der Waals surface area contributed by atoms with Gasteiger partial charge in [-0.2, -0.15) is 5.26 Å². The van der Waals surface area contributed by atoms with Crippen LogP contribution in [0, 0.1) is 11.3 Å². The molecule has 4 nitrogen and oxygen atoms in total. The highest BCUT2D eigenvalue weighted by molar-refractivity contribution is 6.33. The van der Waals surface area contributed by atoms with E-state index in [1.165, 1.54) is 13.2 Å². The topological polar surface area (TPSA) is 65.3 Å². The number of ether oxygens (including phenoxy) is 1. The SMILES string of the molecule is COc1ccc(C(C#N)Nc2ccccc2Cl)cc1O. The van der Waals surface area contributed by atoms with Gasteiger partial charge >= 0.3 is 0 Å². The maximum atomic E-state index is 9.77. The number of aromatic hydroxyl groups is 1. The van der Waals surface area contributed by atoms with E-state index in [-0.39, 0.29) is 5.75 Å². The Hall–Kier alpha value is -2.38. The summed E-state index contributed by atoms with van der Waals surface area (Å²) in [6.07, 6.45) is 0. The molecular formula is C15H13ClN2O2. The molecule has 2 aromatic carbocycles. The van der Waals surface area contributed by atoms with Gasteiger partial charge in [0.2, 0.25) is 0 Å². The van der Waals surface area contributed by atoms with Gasteiger partial charge in [0.1, 0.15) is 6.04 Å². The van der Waals surface area contributed by atoms with Crippen molar-refractivity contribution in [3.8, 4) is 17.6 Å². The maximum Gasteiger partial charge on any atom is 0.160 e. The number of benzene rings is 2. The number of phenols is 1. The van der Waals surface area contributed by atoms with Gasteiger partial charge in [-0.25, -0.2) is 0 Å². The molecule has 1 unspecified atom stereocenters. The molecule has 0 bridgehead atoms. The molecule has 0 aliphatic heterocycles. The van der Waals surface area contributed by atoms with Gasteiger partial charge in [0.25, 0.3) is 0 Å². The first-order chi connectivity index (χ1) is 9.65. The molecule has 1 atom stereocenters. The average molecular weight is 289 g/mol. The van der Waals surface area contributed by atoms with Crippen LogP contribution in [-0.2, 0) is 0 Å². The van der Waals surface area contributed by atoms with Crippen molar-refractivity contribution in [2.75, 3.05) is 12.4 Å². The number of anilines is 1. The molecule has 2 rings (SSSR count). The fourth-order valence-corrected chi connectivity index (χ4v) is 2.00. The fourth-order valence-electron chi connectivity index (χ4n) is 1.81. The van der Waals surface area contributed by atoms with Crippen LogP contribution in [0.25, 0.3) is 0 Å². The number of nitrogens with zero attached hydrogens (tertiary/aromatic N) is 1. The highest BCUT2D eigenvalue weighted by atomic mass is 35.5. The van der Waals surface area contributed by atoms with Crippen LogP contribution in [0.1, 0.15) is 11.6 Å². The van der Waals surface area contributed by atoms with Crippen LogP contribution in [0.3, 0.4) is 0 Å². The second-order valence-electron chi connectivity index (χ2n) is 4.12. The fraction of sp³-hybridized carbons (Fsp3) is 0.133. The predicted octanol–water partition coefficient (Wildman–Crippen LogP) is 3.73. The van der Waals surface area contributed by atoms with Crippen molar-refractivity contribution in [1.29, 1.82) is 5.26 Å². The van der Waals surface area contributed by atoms with Gasteiger partial charge < -0.3 is 15.2 Å². The standard InChI is InChI=1S/C15H13ClN2O2/c1-20-15-7-6-10(8-14(15)19)13(9-17)18-12-5-3-2-4-11(12)16/h2-8,13,18-19H,1H3. The highest BCUT2D eigenvalue weighted by Gasteiger charge is 2.14. The quantitative estimate of drug-likeness (QED) is 0.899. The zero-order chi connectivity index (χ0) is 14.5. The summed E-state index contributed by atoms with van der Waals surface area (Å²) in [5, 5.41) is 22.6. The first kappa shape index (κ1) is 14.0. The Morgan fingerprint density at radius 1 is 1.30 bits per heavy atom. The summed E-state index contributed by atoms with van der Waals surface area (Å²) in [6, 6.07) is 13.5. The number of halogens is 1. The first-order valence-corrected chi connectivity index (χ1v) is 6.31. The molecule has 0 saturated heterocycles. The van der Waals surface area contributed by atoms with Crippen LogP contribution in [0.5, 0.6) is 11.5 Å². The molecule has 0 aliphatic rings. The maximum absolute atomic E-state index is 9.77. The Bertz CT molecular complexity index is 653. The lowest BCUT2D eigenvalue weighted by Gasteiger charge is -2.15. The summed E-state index contributed by atoms with van der Waals surface area (Å²) < 4.78 is 4.98. The van der Waals surface area contributed by atoms with E-state index < -0.39 is 6.04 Å². The van der Waals surface area contributed by atoms with Crippen LogP contribution in [0.2, 0.25) is 5.02 Å². The Labute approximate surface area is 122 Å². The summed E-state index contributed by atoms with van der Waals surface area (Å²) in [7, 11) is 1.47. The molecule has 0 saturated carbocycles. The van der Waals surface area contributed by atoms with Crippen LogP contribution < -0.4 is 10.1 Å². The molecule has 0 fully saturated rings. The predicted molar refractivity (Wildman–Crippen MR) is 78.1 cm³/mol. The summed E-state index contributed by atoms with van der Waals surface area (Å²) in [6.45, 7) is 0. The van der Waals surface area contributed by atoms with Gasteiger partial charge in [0.05, 0.1) is 23.9 Å². The smallest absolute Gasteiger partial charge is 0.160 e. The monoisotopic (exact) mass is 288 g/mol. The van der Waals surface area contributed by atoms with E-state index in [4.69, 9.17) is 16.3 Å². The highest BCUT2D eigenvalue weighted by Crippen LogP contribution is 2.31. The lowest BCUT2D eigenvalue weighted by Crippen LogP contribution is -2.08. The third-order valence-electron chi connectivity index (χ3n) is 2.84. The van der Waals surface area contributed by atoms with Crippen LogP contribution >= 0.6 is 11.6 Å². The first-order valence-electron chi connectivity index (χ1n) is 5.93. The minimum atomic E-state index is -0.619. The number of hydrogen-bond donors (Lipinski definition) is 2. The summed E-state index contributed by atoms with van der Waals surface area (Å²) in [5.41, 5.74) is 1.29. The Morgan fingerprint density at radius 2 is 2.05 bits per heavy atom. The third-order valence-corrected chi connectivity index (χ3v) is 3.17. The van der Waals surface area contributed by atoms with Crippen molar-refractivity contribution < 1.29 is 9.84 Å². The molecular weight excluding hydrogens is 276 g/mol. The number of nitriles is 1. The minimum absolute atomic E-state index is 0.00814. The van der Waals surface area contributed by atoms with Crippen molar-refractivity contribution >= 4 is 17.3 Å². The number of rotatable bonds is 4. The number of para-hydroxylation sites is 1. The molecule has 0 aliphatic carbocycles. The molecule has 0 spiro atoms. The average Bonchev–Trinajstić information content (AvgIpc) is 2.46. The van der Waals surface area contributed by atoms with Gasteiger partial charge in [-0.1, -0.05) is 29.8 Å². The molecule has 0 heterocycles. The van der Waals surface area contributed by atoms with E-state index >= 15 is 0 Å². The molecule has 0 amide bonds. The van der Waals surface area contributed by atoms with Crippen molar-refractivity contribution in [3.05, 3.63) is 53.1 Å². The van der Waals surface area contributed by atoms with Gasteiger partial charge in [-0.3, -0.25) is 0 Å². The lowest BCUT2D eigenvalue weighted by atomic mass is 10.1. The molecule has 2 N–H and O–H groups in total. The zero-order valence-corrected chi connectivity index (χ0v) is 11.6. The Kier molecular flexibility index (Phi) is 4.34. The second-order valence-corrected chi connectivity index (χ2v) is 4.52. The van der Waals surface area contributed by atoms with Crippen molar-refractivity contribution in [1.82, 2.24) is 0 Å². The lowest BCUT2D eigenvalue weighted by molar-refractivity contribution is 0.373. The number of hydrogen-bond acceptors (Lipinski definition) is 4. The van der Waals surface area contributed by atoms with Crippen molar-refractivity contribution in [2.24, 2.45) is 0 Å². The van der Waals surface area contributed by atoms with Gasteiger partial charge in [0.15, 0.2) is 11.5 Å². The Balaban J connectivity index is 2.27. The molecule has 0 radical (unpaired) electrons. The van der Waals surface area contributed by atoms with Crippen LogP contribution in [-0.4, -0.2) is 12.2 Å². The van der Waals surface area contributed by atoms with E-state index in [9.17, 15) is 10.4 Å². The van der Waals surface area contributed by atoms with E-state index in [1.54, 1.807) is 24.3 Å². The molecule has 2 aromatic rings. The van der Waals surface area contributed by atoms with Gasteiger partial charge in [-0.15, -0.1) is 0 Å². The third kappa shape index (κ3) is 2.95. The normalized spacial score (nSPS) is 11.4. The molecule has 20 heavy (non-hydrogen) atoms. The van der Waals surface area contributed by atoms with E-state index in [0.717, 1.165) is 0 Å². The largest absolute Gasteiger partial charge is 0.504 e. The van der Waals surface area contributed by atoms with E-state index in [2.05, 4.69) is 11.4 Å². The van der Waals surface area contributed by atoms with Crippen LogP contribution in [0.4, 0.5) is 5.69 Å². The molecule has 102 valence electrons. The van der Waals surface area contributed by atoms with E-state index in [1.807, 2.05) is 12.1 Å². The van der Waals surface area contributed by atoms with Crippen LogP contribution in [0.15, 0.2) is 42.5 Å². The second kappa shape index (κ2) is 6.18. The van der Waals surface area contributed by atoms with Gasteiger partial charge in [-0.05, 0) is 29.8 Å². The zero-order valence-electron chi connectivity index (χ0n) is 10.8. The number of nitrogens with one attached hydrogen (secondary N) is 1. The van der Waals surface area contributed by atoms with Gasteiger partial charge in [0, 0.05) is 0 Å². The Morgan fingerprint density at radius 3 is 2.65 bits per heavy atom. The number of methoxy groups -OCH3 is 1. The van der Waals surface area contributed by atoms with Crippen molar-refractivity contribution in [3.63, 3.8) is 0 Å². The molecule has 0 aromatic heterocycles. The number of phenolic OH excluding ortho intramolecular Hbond substituents is 1. The molecule has 5 heteroatoms. The minimum Gasteiger partial charge on any atom is -0.504 e.